The second-order valence-corrected chi connectivity index (χ2v) is 6.11. The Morgan fingerprint density at radius 1 is 1.59 bits per heavy atom. The van der Waals surface area contributed by atoms with Crippen LogP contribution in [-0.4, -0.2) is 29.8 Å². The highest BCUT2D eigenvalue weighted by atomic mass is 32.1. The van der Waals surface area contributed by atoms with Gasteiger partial charge in [0, 0.05) is 23.9 Å². The first-order chi connectivity index (χ1) is 7.99. The zero-order valence-corrected chi connectivity index (χ0v) is 12.0. The number of hydrogen-bond donors (Lipinski definition) is 0. The largest absolute Gasteiger partial charge is 0.303 e. The minimum Gasteiger partial charge on any atom is -0.303 e. The van der Waals surface area contributed by atoms with Gasteiger partial charge in [0.25, 0.3) is 0 Å². The minimum atomic E-state index is -0.228. The molecule has 4 heteroatoms. The summed E-state index contributed by atoms with van der Waals surface area (Å²) in [6, 6.07) is 0. The van der Waals surface area contributed by atoms with E-state index in [1.165, 1.54) is 0 Å². The molecule has 1 rings (SSSR count). The summed E-state index contributed by atoms with van der Waals surface area (Å²) in [5.74, 6) is 0. The topological polar surface area (TPSA) is 33.2 Å². The van der Waals surface area contributed by atoms with E-state index in [0.29, 0.717) is 0 Å². The van der Waals surface area contributed by atoms with Crippen molar-refractivity contribution < 1.29 is 4.79 Å². The Bertz CT molecular complexity index is 364. The number of hydrogen-bond acceptors (Lipinski definition) is 4. The molecular formula is C13H22N2OS. The van der Waals surface area contributed by atoms with E-state index in [9.17, 15) is 4.79 Å². The van der Waals surface area contributed by atoms with Crippen LogP contribution in [0.2, 0.25) is 0 Å². The van der Waals surface area contributed by atoms with Gasteiger partial charge in [0.05, 0.1) is 10.7 Å². The van der Waals surface area contributed by atoms with Gasteiger partial charge in [0.2, 0.25) is 0 Å². The number of rotatable bonds is 7. The molecule has 1 aromatic rings. The molecule has 0 N–H and O–H groups in total. The van der Waals surface area contributed by atoms with Crippen LogP contribution in [0, 0.1) is 12.3 Å². The van der Waals surface area contributed by atoms with Crippen molar-refractivity contribution >= 4 is 17.6 Å². The third kappa shape index (κ3) is 4.56. The van der Waals surface area contributed by atoms with E-state index in [1.54, 1.807) is 11.3 Å². The van der Waals surface area contributed by atoms with Gasteiger partial charge in [-0.3, -0.25) is 4.90 Å². The van der Waals surface area contributed by atoms with Crippen LogP contribution < -0.4 is 0 Å². The highest BCUT2D eigenvalue weighted by molar-refractivity contribution is 7.09. The molecule has 0 saturated carbocycles. The van der Waals surface area contributed by atoms with Crippen LogP contribution in [0.5, 0.6) is 0 Å². The molecule has 0 fully saturated rings. The second-order valence-electron chi connectivity index (χ2n) is 5.05. The second kappa shape index (κ2) is 6.26. The van der Waals surface area contributed by atoms with Gasteiger partial charge in [0.1, 0.15) is 6.29 Å². The molecule has 0 bridgehead atoms. The molecular weight excluding hydrogens is 232 g/mol. The maximum atomic E-state index is 11.2. The molecule has 0 aliphatic carbocycles. The van der Waals surface area contributed by atoms with E-state index >= 15 is 0 Å². The monoisotopic (exact) mass is 254 g/mol. The predicted molar refractivity (Wildman–Crippen MR) is 72.3 cm³/mol. The molecule has 1 aromatic heterocycles. The molecule has 1 heterocycles. The maximum absolute atomic E-state index is 11.2. The SMILES string of the molecule is CCCC(C)(C=O)CN(C)Cc1csc(C)n1. The van der Waals surface area contributed by atoms with Crippen molar-refractivity contribution in [3.05, 3.63) is 16.1 Å². The summed E-state index contributed by atoms with van der Waals surface area (Å²) in [6.45, 7) is 7.77. The first-order valence-electron chi connectivity index (χ1n) is 6.05. The fourth-order valence-electron chi connectivity index (χ4n) is 2.18. The number of aromatic nitrogens is 1. The molecule has 0 aliphatic rings. The van der Waals surface area contributed by atoms with Gasteiger partial charge in [-0.1, -0.05) is 20.3 Å². The Balaban J connectivity index is 2.53. The van der Waals surface area contributed by atoms with Crippen molar-refractivity contribution in [1.29, 1.82) is 0 Å². The predicted octanol–water partition coefficient (Wildman–Crippen LogP) is 2.89. The van der Waals surface area contributed by atoms with Gasteiger partial charge in [0.15, 0.2) is 0 Å². The fraction of sp³-hybridized carbons (Fsp3) is 0.692. The number of carbonyl (C=O) groups is 1. The average Bonchev–Trinajstić information content (AvgIpc) is 2.64. The van der Waals surface area contributed by atoms with Crippen LogP contribution in [0.25, 0.3) is 0 Å². The Morgan fingerprint density at radius 3 is 2.76 bits per heavy atom. The molecule has 1 atom stereocenters. The summed E-state index contributed by atoms with van der Waals surface area (Å²) in [6.07, 6.45) is 3.08. The minimum absolute atomic E-state index is 0.228. The van der Waals surface area contributed by atoms with Gasteiger partial charge in [-0.15, -0.1) is 11.3 Å². The molecule has 17 heavy (non-hydrogen) atoms. The quantitative estimate of drug-likeness (QED) is 0.701. The van der Waals surface area contributed by atoms with E-state index in [1.807, 2.05) is 20.9 Å². The molecule has 1 unspecified atom stereocenters. The van der Waals surface area contributed by atoms with Crippen molar-refractivity contribution in [3.8, 4) is 0 Å². The summed E-state index contributed by atoms with van der Waals surface area (Å²) in [5, 5.41) is 3.18. The lowest BCUT2D eigenvalue weighted by Crippen LogP contribution is -2.34. The van der Waals surface area contributed by atoms with E-state index in [2.05, 4.69) is 22.2 Å². The summed E-state index contributed by atoms with van der Waals surface area (Å²) < 4.78 is 0. The molecule has 0 amide bonds. The Kier molecular flexibility index (Phi) is 5.28. The van der Waals surface area contributed by atoms with Gasteiger partial charge >= 0.3 is 0 Å². The van der Waals surface area contributed by atoms with Gasteiger partial charge in [-0.25, -0.2) is 4.98 Å². The molecule has 0 aromatic carbocycles. The highest BCUT2D eigenvalue weighted by Crippen LogP contribution is 2.22. The van der Waals surface area contributed by atoms with E-state index < -0.39 is 0 Å². The van der Waals surface area contributed by atoms with Crippen LogP contribution in [0.3, 0.4) is 0 Å². The van der Waals surface area contributed by atoms with E-state index in [-0.39, 0.29) is 5.41 Å². The summed E-state index contributed by atoms with van der Waals surface area (Å²) >= 11 is 1.67. The van der Waals surface area contributed by atoms with Gasteiger partial charge in [-0.05, 0) is 20.4 Å². The molecule has 0 spiro atoms. The molecule has 96 valence electrons. The van der Waals surface area contributed by atoms with Crippen molar-refractivity contribution in [2.24, 2.45) is 5.41 Å². The van der Waals surface area contributed by atoms with Crippen molar-refractivity contribution in [2.75, 3.05) is 13.6 Å². The number of thiazole rings is 1. The number of carbonyl (C=O) groups excluding carboxylic acids is 1. The lowest BCUT2D eigenvalue weighted by atomic mass is 9.87. The van der Waals surface area contributed by atoms with Gasteiger partial charge < -0.3 is 4.79 Å². The summed E-state index contributed by atoms with van der Waals surface area (Å²) in [7, 11) is 2.05. The van der Waals surface area contributed by atoms with E-state index in [0.717, 1.165) is 42.9 Å². The Labute approximate surface area is 108 Å². The first-order valence-corrected chi connectivity index (χ1v) is 6.93. The smallest absolute Gasteiger partial charge is 0.127 e. The zero-order chi connectivity index (χ0) is 12.9. The third-order valence-corrected chi connectivity index (χ3v) is 3.66. The molecule has 0 saturated heterocycles. The van der Waals surface area contributed by atoms with Crippen LogP contribution in [0.1, 0.15) is 37.4 Å². The van der Waals surface area contributed by atoms with Crippen molar-refractivity contribution in [1.82, 2.24) is 9.88 Å². The normalized spacial score (nSPS) is 14.9. The molecule has 0 aliphatic heterocycles. The number of nitrogens with zero attached hydrogens (tertiary/aromatic N) is 2. The number of aldehydes is 1. The molecule has 0 radical (unpaired) electrons. The lowest BCUT2D eigenvalue weighted by molar-refractivity contribution is -0.116. The zero-order valence-electron chi connectivity index (χ0n) is 11.2. The number of aryl methyl sites for hydroxylation is 1. The first kappa shape index (κ1) is 14.3. The average molecular weight is 254 g/mol. The third-order valence-electron chi connectivity index (χ3n) is 2.84. The van der Waals surface area contributed by atoms with Crippen LogP contribution >= 0.6 is 11.3 Å². The van der Waals surface area contributed by atoms with Crippen molar-refractivity contribution in [3.63, 3.8) is 0 Å². The van der Waals surface area contributed by atoms with E-state index in [4.69, 9.17) is 0 Å². The Hall–Kier alpha value is -0.740. The van der Waals surface area contributed by atoms with Crippen LogP contribution in [0.4, 0.5) is 0 Å². The lowest BCUT2D eigenvalue weighted by Gasteiger charge is -2.28. The fourth-order valence-corrected chi connectivity index (χ4v) is 2.78. The standard InChI is InChI=1S/C13H22N2OS/c1-5-6-13(3,10-16)9-15(4)7-12-8-17-11(2)14-12/h8,10H,5-7,9H2,1-4H3. The van der Waals surface area contributed by atoms with Crippen LogP contribution in [-0.2, 0) is 11.3 Å². The maximum Gasteiger partial charge on any atom is 0.127 e. The van der Waals surface area contributed by atoms with Gasteiger partial charge in [-0.2, -0.15) is 0 Å². The summed E-state index contributed by atoms with van der Waals surface area (Å²) in [5.41, 5.74) is 0.869. The van der Waals surface area contributed by atoms with Crippen molar-refractivity contribution in [2.45, 2.75) is 40.2 Å². The molecule has 3 nitrogen and oxygen atoms in total. The van der Waals surface area contributed by atoms with Crippen LogP contribution in [0.15, 0.2) is 5.38 Å². The Morgan fingerprint density at radius 2 is 2.29 bits per heavy atom. The highest BCUT2D eigenvalue weighted by Gasteiger charge is 2.24. The summed E-state index contributed by atoms with van der Waals surface area (Å²) in [4.78, 5) is 17.8.